The van der Waals surface area contributed by atoms with E-state index < -0.39 is 19.7 Å². The maximum Gasteiger partial charge on any atom is 0.206 e. The van der Waals surface area contributed by atoms with Crippen LogP contribution in [-0.4, -0.2) is 56.5 Å². The fourth-order valence-electron chi connectivity index (χ4n) is 4.00. The van der Waals surface area contributed by atoms with Crippen molar-refractivity contribution in [3.05, 3.63) is 97.1 Å². The van der Waals surface area contributed by atoms with Gasteiger partial charge in [-0.1, -0.05) is 0 Å². The summed E-state index contributed by atoms with van der Waals surface area (Å²) in [7, 11) is -7.31. The summed E-state index contributed by atoms with van der Waals surface area (Å²) in [6, 6.07) is 25.0. The first kappa shape index (κ1) is 31.9. The Morgan fingerprint density at radius 3 is 0.907 bits per heavy atom. The zero-order valence-electron chi connectivity index (χ0n) is 24.0. The second-order valence-electron chi connectivity index (χ2n) is 9.07. The third-order valence-electron chi connectivity index (χ3n) is 6.15. The number of benzene rings is 4. The molecule has 0 aromatic heterocycles. The average Bonchev–Trinajstić information content (AvgIpc) is 3.02. The van der Waals surface area contributed by atoms with Crippen LogP contribution < -0.4 is 18.9 Å². The zero-order chi connectivity index (χ0) is 30.7. The highest BCUT2D eigenvalue weighted by molar-refractivity contribution is 7.91. The van der Waals surface area contributed by atoms with Crippen molar-refractivity contribution in [1.82, 2.24) is 0 Å². The second-order valence-corrected chi connectivity index (χ2v) is 13.0. The van der Waals surface area contributed by atoms with E-state index in [1.54, 1.807) is 48.5 Å². The minimum atomic E-state index is -3.66. The van der Waals surface area contributed by atoms with Crippen molar-refractivity contribution in [2.24, 2.45) is 0 Å². The van der Waals surface area contributed by atoms with E-state index in [0.717, 1.165) is 0 Å². The molecule has 0 N–H and O–H groups in total. The largest absolute Gasteiger partial charge is 0.494 e. The third kappa shape index (κ3) is 8.50. The number of hydrogen-bond donors (Lipinski definition) is 0. The predicted molar refractivity (Wildman–Crippen MR) is 161 cm³/mol. The van der Waals surface area contributed by atoms with Gasteiger partial charge in [-0.3, -0.25) is 0 Å². The van der Waals surface area contributed by atoms with Gasteiger partial charge in [0.1, 0.15) is 36.2 Å². The maximum absolute atomic E-state index is 12.9. The van der Waals surface area contributed by atoms with Crippen LogP contribution in [0, 0.1) is 0 Å². The molecule has 0 radical (unpaired) electrons. The van der Waals surface area contributed by atoms with Gasteiger partial charge in [0.25, 0.3) is 0 Å². The van der Waals surface area contributed by atoms with E-state index in [1.165, 1.54) is 48.5 Å². The van der Waals surface area contributed by atoms with E-state index in [-0.39, 0.29) is 32.8 Å². The third-order valence-corrected chi connectivity index (χ3v) is 9.72. The van der Waals surface area contributed by atoms with Crippen LogP contribution in [-0.2, 0) is 24.4 Å². The molecule has 4 aromatic carbocycles. The Balaban J connectivity index is 1.17. The maximum atomic E-state index is 12.9. The monoisotopic (exact) mass is 626 g/mol. The summed E-state index contributed by atoms with van der Waals surface area (Å²) in [6.45, 7) is 5.87. The molecular formula is C32H34O9S2. The Hall–Kier alpha value is -4.06. The van der Waals surface area contributed by atoms with Crippen LogP contribution in [0.3, 0.4) is 0 Å². The van der Waals surface area contributed by atoms with Crippen molar-refractivity contribution < 1.29 is 40.5 Å². The molecule has 228 valence electrons. The van der Waals surface area contributed by atoms with Crippen LogP contribution in [0.5, 0.6) is 23.0 Å². The van der Waals surface area contributed by atoms with E-state index in [2.05, 4.69) is 0 Å². The standard InChI is InChI=1S/C32H34O9S2/c1-3-38-25-5-13-29(14-6-25)42(33,34)31-17-9-27(10-18-31)40-23-21-37-22-24-41-28-11-19-32(20-12-28)43(35,36)30-15-7-26(8-16-30)39-4-2/h5-20H,3-4,21-24H2,1-2H3. The molecule has 0 amide bonds. The molecule has 0 spiro atoms. The topological polar surface area (TPSA) is 114 Å². The van der Waals surface area contributed by atoms with E-state index in [9.17, 15) is 16.8 Å². The lowest BCUT2D eigenvalue weighted by Gasteiger charge is -2.10. The number of rotatable bonds is 16. The number of ether oxygens (including phenoxy) is 5. The van der Waals surface area contributed by atoms with Crippen molar-refractivity contribution in [2.45, 2.75) is 33.4 Å². The molecule has 0 aliphatic carbocycles. The minimum Gasteiger partial charge on any atom is -0.494 e. The first-order valence-electron chi connectivity index (χ1n) is 13.7. The van der Waals surface area contributed by atoms with Gasteiger partial charge in [-0.25, -0.2) is 16.8 Å². The lowest BCUT2D eigenvalue weighted by atomic mass is 10.3. The summed E-state index contributed by atoms with van der Waals surface area (Å²) >= 11 is 0. The molecule has 0 heterocycles. The predicted octanol–water partition coefficient (Wildman–Crippen LogP) is 5.62. The zero-order valence-corrected chi connectivity index (χ0v) is 25.6. The first-order valence-corrected chi connectivity index (χ1v) is 16.7. The lowest BCUT2D eigenvalue weighted by molar-refractivity contribution is 0.0764. The summed E-state index contributed by atoms with van der Waals surface area (Å²) in [6.07, 6.45) is 0. The van der Waals surface area contributed by atoms with Gasteiger partial charge >= 0.3 is 0 Å². The van der Waals surface area contributed by atoms with Crippen LogP contribution in [0.25, 0.3) is 0 Å². The molecule has 0 fully saturated rings. The van der Waals surface area contributed by atoms with Crippen LogP contribution in [0.1, 0.15) is 13.8 Å². The Labute approximate surface area is 252 Å². The van der Waals surface area contributed by atoms with Crippen molar-refractivity contribution >= 4 is 19.7 Å². The highest BCUT2D eigenvalue weighted by Crippen LogP contribution is 2.26. The van der Waals surface area contributed by atoms with Crippen molar-refractivity contribution in [3.8, 4) is 23.0 Å². The van der Waals surface area contributed by atoms with Gasteiger partial charge in [0.05, 0.1) is 46.0 Å². The Bertz CT molecular complexity index is 1520. The van der Waals surface area contributed by atoms with Crippen molar-refractivity contribution in [1.29, 1.82) is 0 Å². The van der Waals surface area contributed by atoms with Gasteiger partial charge in [-0.15, -0.1) is 0 Å². The average molecular weight is 627 g/mol. The lowest BCUT2D eigenvalue weighted by Crippen LogP contribution is -2.12. The quantitative estimate of drug-likeness (QED) is 0.146. The van der Waals surface area contributed by atoms with Crippen LogP contribution >= 0.6 is 0 Å². The molecule has 0 bridgehead atoms. The molecule has 0 saturated carbocycles. The molecule has 0 unspecified atom stereocenters. The molecule has 0 aliphatic heterocycles. The Morgan fingerprint density at radius 2 is 0.651 bits per heavy atom. The van der Waals surface area contributed by atoms with Crippen LogP contribution in [0.2, 0.25) is 0 Å². The van der Waals surface area contributed by atoms with Crippen molar-refractivity contribution in [2.75, 3.05) is 39.6 Å². The molecule has 11 heteroatoms. The molecule has 4 aromatic rings. The van der Waals surface area contributed by atoms with Crippen LogP contribution in [0.4, 0.5) is 0 Å². The van der Waals surface area contributed by atoms with Crippen LogP contribution in [0.15, 0.2) is 117 Å². The molecule has 4 rings (SSSR count). The van der Waals surface area contributed by atoms with Gasteiger partial charge in [-0.05, 0) is 111 Å². The Kier molecular flexibility index (Phi) is 11.0. The number of sulfone groups is 2. The SMILES string of the molecule is CCOc1ccc(S(=O)(=O)c2ccc(OCCOCCOc3ccc(S(=O)(=O)c4ccc(OCC)cc4)cc3)cc2)cc1. The van der Waals surface area contributed by atoms with E-state index in [1.807, 2.05) is 13.8 Å². The summed E-state index contributed by atoms with van der Waals surface area (Å²) < 4.78 is 79.1. The smallest absolute Gasteiger partial charge is 0.206 e. The van der Waals surface area contributed by atoms with Gasteiger partial charge in [0, 0.05) is 0 Å². The molecule has 0 saturated heterocycles. The molecule has 0 aliphatic rings. The van der Waals surface area contributed by atoms with E-state index in [4.69, 9.17) is 23.7 Å². The summed E-state index contributed by atoms with van der Waals surface area (Å²) in [5.41, 5.74) is 0. The fourth-order valence-corrected chi connectivity index (χ4v) is 6.53. The second kappa shape index (κ2) is 14.9. The molecule has 43 heavy (non-hydrogen) atoms. The summed E-state index contributed by atoms with van der Waals surface area (Å²) in [5.74, 6) is 2.26. The normalized spacial score (nSPS) is 11.6. The first-order chi connectivity index (χ1) is 20.7. The highest BCUT2D eigenvalue weighted by atomic mass is 32.2. The van der Waals surface area contributed by atoms with Gasteiger partial charge in [0.2, 0.25) is 19.7 Å². The summed E-state index contributed by atoms with van der Waals surface area (Å²) in [5, 5.41) is 0. The molecule has 9 nitrogen and oxygen atoms in total. The minimum absolute atomic E-state index is 0.166. The van der Waals surface area contributed by atoms with Gasteiger partial charge in [-0.2, -0.15) is 0 Å². The Morgan fingerprint density at radius 1 is 0.395 bits per heavy atom. The van der Waals surface area contributed by atoms with E-state index >= 15 is 0 Å². The van der Waals surface area contributed by atoms with Gasteiger partial charge < -0.3 is 23.7 Å². The fraction of sp³-hybridized carbons (Fsp3) is 0.250. The highest BCUT2D eigenvalue weighted by Gasteiger charge is 2.19. The van der Waals surface area contributed by atoms with E-state index in [0.29, 0.717) is 49.4 Å². The molecular weight excluding hydrogens is 592 g/mol. The number of hydrogen-bond acceptors (Lipinski definition) is 9. The van der Waals surface area contributed by atoms with Gasteiger partial charge in [0.15, 0.2) is 0 Å². The molecule has 0 atom stereocenters. The summed E-state index contributed by atoms with van der Waals surface area (Å²) in [4.78, 5) is 0.702. The van der Waals surface area contributed by atoms with Crippen molar-refractivity contribution in [3.63, 3.8) is 0 Å².